The van der Waals surface area contributed by atoms with Gasteiger partial charge in [-0.25, -0.2) is 4.79 Å². The summed E-state index contributed by atoms with van der Waals surface area (Å²) in [7, 11) is 0. The van der Waals surface area contributed by atoms with E-state index in [-0.39, 0.29) is 19.1 Å². The van der Waals surface area contributed by atoms with Crippen molar-refractivity contribution in [3.63, 3.8) is 0 Å². The summed E-state index contributed by atoms with van der Waals surface area (Å²) in [5.41, 5.74) is 5.51. The molecule has 0 aliphatic carbocycles. The fourth-order valence-electron chi connectivity index (χ4n) is 1.78. The van der Waals surface area contributed by atoms with Crippen LogP contribution in [0.4, 0.5) is 0 Å². The Bertz CT molecular complexity index is 295. The van der Waals surface area contributed by atoms with Crippen LogP contribution in [0.15, 0.2) is 0 Å². The molecule has 1 saturated heterocycles. The molecule has 1 aliphatic rings. The average molecular weight is 244 g/mol. The van der Waals surface area contributed by atoms with E-state index in [0.717, 1.165) is 0 Å². The second-order valence-electron chi connectivity index (χ2n) is 4.35. The minimum absolute atomic E-state index is 0.165. The zero-order valence-electron chi connectivity index (χ0n) is 10.3. The highest BCUT2D eigenvalue weighted by atomic mass is 16.5. The number of esters is 1. The lowest BCUT2D eigenvalue weighted by atomic mass is 9.95. The maximum Gasteiger partial charge on any atom is 0.332 e. The summed E-state index contributed by atoms with van der Waals surface area (Å²) in [5, 5.41) is 9.67. The standard InChI is InChI=1S/C11H20N2O4/c1-3-17-11(16)9(12)10(15)13-5-4-7(2)8(14)6-13/h7-9,14H,3-6,12H2,1-2H3. The van der Waals surface area contributed by atoms with Crippen LogP contribution in [0.3, 0.4) is 0 Å². The Kier molecular flexibility index (Phi) is 4.89. The van der Waals surface area contributed by atoms with E-state index in [0.29, 0.717) is 13.0 Å². The third-order valence-corrected chi connectivity index (χ3v) is 3.04. The van der Waals surface area contributed by atoms with Crippen LogP contribution in [0, 0.1) is 5.92 Å². The molecule has 0 aromatic carbocycles. The molecule has 3 atom stereocenters. The van der Waals surface area contributed by atoms with Crippen LogP contribution in [0.25, 0.3) is 0 Å². The SMILES string of the molecule is CCOC(=O)C(N)C(=O)N1CCC(C)C(O)C1. The first-order valence-electron chi connectivity index (χ1n) is 5.86. The molecular weight excluding hydrogens is 224 g/mol. The molecule has 3 unspecified atom stereocenters. The number of rotatable bonds is 3. The highest BCUT2D eigenvalue weighted by Crippen LogP contribution is 2.17. The molecule has 0 radical (unpaired) electrons. The largest absolute Gasteiger partial charge is 0.464 e. The molecule has 1 amide bonds. The topological polar surface area (TPSA) is 92.9 Å². The van der Waals surface area contributed by atoms with Crippen LogP contribution < -0.4 is 5.73 Å². The van der Waals surface area contributed by atoms with Crippen molar-refractivity contribution in [1.29, 1.82) is 0 Å². The van der Waals surface area contributed by atoms with Crippen LogP contribution in [0.1, 0.15) is 20.3 Å². The number of aliphatic hydroxyl groups excluding tert-OH is 1. The summed E-state index contributed by atoms with van der Waals surface area (Å²) in [6.07, 6.45) is 0.157. The molecule has 0 aromatic rings. The molecule has 0 bridgehead atoms. The molecular formula is C11H20N2O4. The van der Waals surface area contributed by atoms with Gasteiger partial charge >= 0.3 is 5.97 Å². The lowest BCUT2D eigenvalue weighted by molar-refractivity contribution is -0.152. The van der Waals surface area contributed by atoms with Gasteiger partial charge in [-0.1, -0.05) is 6.92 Å². The normalized spacial score (nSPS) is 26.5. The molecule has 6 heteroatoms. The van der Waals surface area contributed by atoms with Crippen molar-refractivity contribution >= 4 is 11.9 Å². The Morgan fingerprint density at radius 3 is 2.76 bits per heavy atom. The summed E-state index contributed by atoms with van der Waals surface area (Å²) in [6.45, 7) is 4.52. The molecule has 98 valence electrons. The fraction of sp³-hybridized carbons (Fsp3) is 0.818. The molecule has 3 N–H and O–H groups in total. The number of piperidine rings is 1. The van der Waals surface area contributed by atoms with Gasteiger partial charge in [0, 0.05) is 13.1 Å². The number of nitrogens with two attached hydrogens (primary N) is 1. The molecule has 0 aromatic heterocycles. The van der Waals surface area contributed by atoms with Gasteiger partial charge < -0.3 is 20.5 Å². The van der Waals surface area contributed by atoms with Crippen molar-refractivity contribution in [1.82, 2.24) is 4.90 Å². The van der Waals surface area contributed by atoms with Gasteiger partial charge in [-0.2, -0.15) is 0 Å². The summed E-state index contributed by atoms with van der Waals surface area (Å²) in [5.74, 6) is -1.03. The smallest absolute Gasteiger partial charge is 0.332 e. The van der Waals surface area contributed by atoms with Crippen molar-refractivity contribution in [2.75, 3.05) is 19.7 Å². The van der Waals surface area contributed by atoms with Gasteiger partial charge in [0.25, 0.3) is 5.91 Å². The van der Waals surface area contributed by atoms with Gasteiger partial charge in [-0.15, -0.1) is 0 Å². The molecule has 0 spiro atoms. The van der Waals surface area contributed by atoms with Gasteiger partial charge in [0.1, 0.15) is 0 Å². The fourth-order valence-corrected chi connectivity index (χ4v) is 1.78. The van der Waals surface area contributed by atoms with Gasteiger partial charge in [0.05, 0.1) is 12.7 Å². The minimum atomic E-state index is -1.28. The first-order chi connectivity index (χ1) is 7.97. The Balaban J connectivity index is 2.55. The summed E-state index contributed by atoms with van der Waals surface area (Å²) in [4.78, 5) is 24.6. The second kappa shape index (κ2) is 5.97. The lowest BCUT2D eigenvalue weighted by Gasteiger charge is -2.35. The zero-order chi connectivity index (χ0) is 13.0. The first kappa shape index (κ1) is 13.9. The predicted molar refractivity (Wildman–Crippen MR) is 61.0 cm³/mol. The molecule has 6 nitrogen and oxygen atoms in total. The van der Waals surface area contributed by atoms with Gasteiger partial charge in [0.15, 0.2) is 6.04 Å². The van der Waals surface area contributed by atoms with E-state index in [1.807, 2.05) is 6.92 Å². The highest BCUT2D eigenvalue weighted by Gasteiger charge is 2.33. The van der Waals surface area contributed by atoms with E-state index < -0.39 is 24.0 Å². The maximum atomic E-state index is 11.9. The van der Waals surface area contributed by atoms with E-state index in [2.05, 4.69) is 4.74 Å². The average Bonchev–Trinajstić information content (AvgIpc) is 2.31. The predicted octanol–water partition coefficient (Wildman–Crippen LogP) is -0.894. The van der Waals surface area contributed by atoms with E-state index >= 15 is 0 Å². The van der Waals surface area contributed by atoms with Crippen LogP contribution in [-0.4, -0.2) is 53.7 Å². The molecule has 0 saturated carbocycles. The third-order valence-electron chi connectivity index (χ3n) is 3.04. The van der Waals surface area contributed by atoms with Crippen molar-refractivity contribution < 1.29 is 19.4 Å². The minimum Gasteiger partial charge on any atom is -0.464 e. The van der Waals surface area contributed by atoms with Gasteiger partial charge in [0.2, 0.25) is 0 Å². The number of carbonyl (C=O) groups is 2. The highest BCUT2D eigenvalue weighted by molar-refractivity contribution is 6.01. The molecule has 1 rings (SSSR count). The number of likely N-dealkylation sites (tertiary alicyclic amines) is 1. The Labute approximate surface area is 101 Å². The van der Waals surface area contributed by atoms with Crippen LogP contribution in [0.2, 0.25) is 0 Å². The number of ether oxygens (including phenoxy) is 1. The third kappa shape index (κ3) is 3.41. The molecule has 17 heavy (non-hydrogen) atoms. The van der Waals surface area contributed by atoms with E-state index in [1.165, 1.54) is 4.90 Å². The number of hydrogen-bond donors (Lipinski definition) is 2. The maximum absolute atomic E-state index is 11.9. The first-order valence-corrected chi connectivity index (χ1v) is 5.86. The number of carbonyl (C=O) groups excluding carboxylic acids is 2. The van der Waals surface area contributed by atoms with Crippen LogP contribution >= 0.6 is 0 Å². The molecule has 1 aliphatic heterocycles. The second-order valence-corrected chi connectivity index (χ2v) is 4.35. The van der Waals surface area contributed by atoms with Crippen LogP contribution in [0.5, 0.6) is 0 Å². The summed E-state index contributed by atoms with van der Waals surface area (Å²) < 4.78 is 4.69. The van der Waals surface area contributed by atoms with E-state index in [4.69, 9.17) is 5.73 Å². The van der Waals surface area contributed by atoms with Crippen molar-refractivity contribution in [3.8, 4) is 0 Å². The lowest BCUT2D eigenvalue weighted by Crippen LogP contribution is -2.54. The quantitative estimate of drug-likeness (QED) is 0.496. The summed E-state index contributed by atoms with van der Waals surface area (Å²) >= 11 is 0. The monoisotopic (exact) mass is 244 g/mol. The van der Waals surface area contributed by atoms with Crippen molar-refractivity contribution in [3.05, 3.63) is 0 Å². The Hall–Kier alpha value is -1.14. The molecule has 1 fully saturated rings. The molecule has 1 heterocycles. The van der Waals surface area contributed by atoms with Gasteiger partial charge in [-0.05, 0) is 19.3 Å². The van der Waals surface area contributed by atoms with Crippen LogP contribution in [-0.2, 0) is 14.3 Å². The van der Waals surface area contributed by atoms with E-state index in [9.17, 15) is 14.7 Å². The van der Waals surface area contributed by atoms with Gasteiger partial charge in [-0.3, -0.25) is 4.79 Å². The Morgan fingerprint density at radius 1 is 1.59 bits per heavy atom. The number of aliphatic hydroxyl groups is 1. The number of β-amino-alcohol motifs (C(OH)–C–C–N with tert-alkyl or cyclic N) is 1. The van der Waals surface area contributed by atoms with Crippen molar-refractivity contribution in [2.24, 2.45) is 11.7 Å². The van der Waals surface area contributed by atoms with Crippen molar-refractivity contribution in [2.45, 2.75) is 32.4 Å². The summed E-state index contributed by atoms with van der Waals surface area (Å²) in [6, 6.07) is -1.28. The number of nitrogens with zero attached hydrogens (tertiary/aromatic N) is 1. The van der Waals surface area contributed by atoms with E-state index in [1.54, 1.807) is 6.92 Å². The zero-order valence-corrected chi connectivity index (χ0v) is 10.3. The number of amides is 1. The Morgan fingerprint density at radius 2 is 2.24 bits per heavy atom. The number of hydrogen-bond acceptors (Lipinski definition) is 5.